The number of nitrogens with zero attached hydrogens (tertiary/aromatic N) is 1. The molecule has 0 radical (unpaired) electrons. The fourth-order valence-electron chi connectivity index (χ4n) is 2.17. The summed E-state index contributed by atoms with van der Waals surface area (Å²) in [5.41, 5.74) is 1.06. The van der Waals surface area contributed by atoms with Gasteiger partial charge in [-0.2, -0.15) is 5.26 Å². The maximum absolute atomic E-state index is 8.69. The Kier molecular flexibility index (Phi) is 1.27. The first-order chi connectivity index (χ1) is 4.90. The van der Waals surface area contributed by atoms with Gasteiger partial charge in [0.2, 0.25) is 0 Å². The molecule has 0 aromatic carbocycles. The molecule has 2 aliphatic carbocycles. The summed E-state index contributed by atoms with van der Waals surface area (Å²) < 4.78 is 0. The average molecular weight is 133 g/mol. The van der Waals surface area contributed by atoms with Gasteiger partial charge < -0.3 is 0 Å². The molecule has 1 saturated carbocycles. The van der Waals surface area contributed by atoms with Crippen LogP contribution in [0.5, 0.6) is 0 Å². The van der Waals surface area contributed by atoms with E-state index < -0.39 is 0 Å². The molecule has 1 heteroatoms. The minimum Gasteiger partial charge on any atom is -0.193 e. The zero-order valence-electron chi connectivity index (χ0n) is 6.01. The van der Waals surface area contributed by atoms with Gasteiger partial charge in [0.25, 0.3) is 0 Å². The van der Waals surface area contributed by atoms with Crippen LogP contribution in [-0.2, 0) is 0 Å². The van der Waals surface area contributed by atoms with Crippen LogP contribution >= 0.6 is 0 Å². The topological polar surface area (TPSA) is 23.8 Å². The summed E-state index contributed by atoms with van der Waals surface area (Å²) >= 11 is 0. The molecule has 1 fully saturated rings. The second-order valence-electron chi connectivity index (χ2n) is 3.38. The molecule has 2 bridgehead atoms. The summed E-state index contributed by atoms with van der Waals surface area (Å²) in [6, 6.07) is 2.29. The smallest absolute Gasteiger partial charge is 0.0946 e. The average Bonchev–Trinajstić information content (AvgIpc) is 2.34. The highest BCUT2D eigenvalue weighted by molar-refractivity contribution is 5.27. The van der Waals surface area contributed by atoms with Gasteiger partial charge in [0.15, 0.2) is 0 Å². The second-order valence-corrected chi connectivity index (χ2v) is 3.38. The van der Waals surface area contributed by atoms with Gasteiger partial charge in [0, 0.05) is 5.57 Å². The maximum Gasteiger partial charge on any atom is 0.0946 e. The quantitative estimate of drug-likeness (QED) is 0.497. The van der Waals surface area contributed by atoms with E-state index in [1.165, 1.54) is 25.7 Å². The van der Waals surface area contributed by atoms with E-state index in [4.69, 9.17) is 5.26 Å². The number of hydrogen-bond acceptors (Lipinski definition) is 1. The maximum atomic E-state index is 8.69. The molecule has 0 unspecified atom stereocenters. The van der Waals surface area contributed by atoms with Crippen molar-refractivity contribution in [1.29, 1.82) is 5.26 Å². The van der Waals surface area contributed by atoms with Gasteiger partial charge in [-0.1, -0.05) is 6.08 Å². The first-order valence-corrected chi connectivity index (χ1v) is 4.00. The number of hydrogen-bond donors (Lipinski definition) is 0. The van der Waals surface area contributed by atoms with E-state index >= 15 is 0 Å². The molecule has 0 heterocycles. The normalized spacial score (nSPS) is 36.9. The van der Waals surface area contributed by atoms with Crippen molar-refractivity contribution in [1.82, 2.24) is 0 Å². The Hall–Kier alpha value is -0.770. The molecule has 0 spiro atoms. The van der Waals surface area contributed by atoms with Gasteiger partial charge in [-0.3, -0.25) is 0 Å². The second kappa shape index (κ2) is 2.12. The van der Waals surface area contributed by atoms with Crippen LogP contribution in [0.2, 0.25) is 0 Å². The molecule has 0 saturated heterocycles. The third kappa shape index (κ3) is 0.759. The fourth-order valence-corrected chi connectivity index (χ4v) is 2.17. The first-order valence-electron chi connectivity index (χ1n) is 4.00. The molecule has 1 nitrogen and oxygen atoms in total. The summed E-state index contributed by atoms with van der Waals surface area (Å²) in [6.07, 6.45) is 7.22. The van der Waals surface area contributed by atoms with Crippen LogP contribution in [0, 0.1) is 23.2 Å². The standard InChI is InChI=1S/C9H11N/c10-6-9-4-2-7-1-3-8(9)5-7/h4,7-8H,1-3,5H2/t7-,8-/m1/s1. The Morgan fingerprint density at radius 1 is 1.50 bits per heavy atom. The fraction of sp³-hybridized carbons (Fsp3) is 0.667. The molecule has 0 amide bonds. The lowest BCUT2D eigenvalue weighted by Gasteiger charge is -2.14. The van der Waals surface area contributed by atoms with Crippen LogP contribution in [0.1, 0.15) is 25.7 Å². The van der Waals surface area contributed by atoms with Gasteiger partial charge in [0.1, 0.15) is 0 Å². The molecule has 2 atom stereocenters. The molecule has 10 heavy (non-hydrogen) atoms. The highest BCUT2D eigenvalue weighted by Crippen LogP contribution is 2.41. The minimum atomic E-state index is 0.642. The van der Waals surface area contributed by atoms with E-state index in [1.807, 2.05) is 0 Å². The van der Waals surface area contributed by atoms with Crippen molar-refractivity contribution >= 4 is 0 Å². The van der Waals surface area contributed by atoms with Crippen molar-refractivity contribution < 1.29 is 0 Å². The van der Waals surface area contributed by atoms with E-state index in [0.29, 0.717) is 5.92 Å². The summed E-state index contributed by atoms with van der Waals surface area (Å²) in [7, 11) is 0. The summed E-state index contributed by atoms with van der Waals surface area (Å²) in [6.45, 7) is 0. The van der Waals surface area contributed by atoms with E-state index in [-0.39, 0.29) is 0 Å². The lowest BCUT2D eigenvalue weighted by Crippen LogP contribution is -2.04. The zero-order valence-corrected chi connectivity index (χ0v) is 6.01. The van der Waals surface area contributed by atoms with Crippen molar-refractivity contribution in [3.05, 3.63) is 11.6 Å². The van der Waals surface area contributed by atoms with Gasteiger partial charge in [-0.15, -0.1) is 0 Å². The Morgan fingerprint density at radius 3 is 3.20 bits per heavy atom. The van der Waals surface area contributed by atoms with Crippen molar-refractivity contribution in [3.8, 4) is 6.07 Å². The summed E-state index contributed by atoms with van der Waals surface area (Å²) in [5, 5.41) is 8.69. The Labute approximate surface area is 61.4 Å². The van der Waals surface area contributed by atoms with E-state index in [1.54, 1.807) is 0 Å². The SMILES string of the molecule is N#CC1=CC[C@H]2CC[C@@H]1C2. The van der Waals surface area contributed by atoms with E-state index in [2.05, 4.69) is 12.1 Å². The van der Waals surface area contributed by atoms with Crippen LogP contribution in [0.25, 0.3) is 0 Å². The van der Waals surface area contributed by atoms with Crippen LogP contribution < -0.4 is 0 Å². The van der Waals surface area contributed by atoms with E-state index in [0.717, 1.165) is 11.5 Å². The van der Waals surface area contributed by atoms with Crippen molar-refractivity contribution in [2.45, 2.75) is 25.7 Å². The predicted octanol–water partition coefficient (Wildman–Crippen LogP) is 2.26. The summed E-state index contributed by atoms with van der Waals surface area (Å²) in [4.78, 5) is 0. The molecule has 0 aliphatic heterocycles. The van der Waals surface area contributed by atoms with Gasteiger partial charge in [-0.05, 0) is 37.5 Å². The molecular weight excluding hydrogens is 122 g/mol. The predicted molar refractivity (Wildman–Crippen MR) is 39.1 cm³/mol. The molecule has 0 aromatic heterocycles. The zero-order chi connectivity index (χ0) is 6.97. The van der Waals surface area contributed by atoms with Crippen LogP contribution in [0.3, 0.4) is 0 Å². The van der Waals surface area contributed by atoms with Gasteiger partial charge in [0.05, 0.1) is 6.07 Å². The molecular formula is C9H11N. The molecule has 0 aromatic rings. The third-order valence-electron chi connectivity index (χ3n) is 2.78. The highest BCUT2D eigenvalue weighted by Gasteiger charge is 2.30. The van der Waals surface area contributed by atoms with Crippen LogP contribution in [-0.4, -0.2) is 0 Å². The van der Waals surface area contributed by atoms with Gasteiger partial charge >= 0.3 is 0 Å². The molecule has 0 N–H and O–H groups in total. The Morgan fingerprint density at radius 2 is 2.40 bits per heavy atom. The van der Waals surface area contributed by atoms with Crippen molar-refractivity contribution in [3.63, 3.8) is 0 Å². The van der Waals surface area contributed by atoms with Crippen LogP contribution in [0.4, 0.5) is 0 Å². The highest BCUT2D eigenvalue weighted by atomic mass is 14.4. The third-order valence-corrected chi connectivity index (χ3v) is 2.78. The lowest BCUT2D eigenvalue weighted by atomic mass is 9.89. The minimum absolute atomic E-state index is 0.642. The summed E-state index contributed by atoms with van der Waals surface area (Å²) in [5.74, 6) is 1.56. The molecule has 52 valence electrons. The lowest BCUT2D eigenvalue weighted by molar-refractivity contribution is 0.510. The Bertz CT molecular complexity index is 209. The van der Waals surface area contributed by atoms with Crippen LogP contribution in [0.15, 0.2) is 11.6 Å². The monoisotopic (exact) mass is 133 g/mol. The van der Waals surface area contributed by atoms with E-state index in [9.17, 15) is 0 Å². The molecule has 2 aliphatic rings. The molecule has 2 rings (SSSR count). The largest absolute Gasteiger partial charge is 0.193 e. The van der Waals surface area contributed by atoms with Gasteiger partial charge in [-0.25, -0.2) is 0 Å². The number of rotatable bonds is 0. The van der Waals surface area contributed by atoms with Crippen molar-refractivity contribution in [2.24, 2.45) is 11.8 Å². The number of fused-ring (bicyclic) bond motifs is 2. The number of nitriles is 1. The number of allylic oxidation sites excluding steroid dienone is 2. The Balaban J connectivity index is 2.24. The first kappa shape index (κ1) is 5.97. The van der Waals surface area contributed by atoms with Crippen molar-refractivity contribution in [2.75, 3.05) is 0 Å².